The van der Waals surface area contributed by atoms with Gasteiger partial charge in [-0.15, -0.1) is 11.6 Å². The van der Waals surface area contributed by atoms with Crippen LogP contribution in [0.1, 0.15) is 44.4 Å². The molecule has 3 nitrogen and oxygen atoms in total. The van der Waals surface area contributed by atoms with Gasteiger partial charge in [-0.05, 0) is 18.8 Å². The van der Waals surface area contributed by atoms with E-state index in [1.54, 1.807) is 6.07 Å². The number of hydrogen-bond donors (Lipinski definition) is 0. The Kier molecular flexibility index (Phi) is 2.98. The fourth-order valence-electron chi connectivity index (χ4n) is 2.76. The molecular weight excluding hydrogens is 279 g/mol. The highest BCUT2D eigenvalue weighted by Gasteiger charge is 2.48. The van der Waals surface area contributed by atoms with Crippen molar-refractivity contribution in [2.75, 3.05) is 7.11 Å². The van der Waals surface area contributed by atoms with Gasteiger partial charge in [0, 0.05) is 18.2 Å². The Morgan fingerprint density at radius 3 is 2.65 bits per heavy atom. The Bertz CT molecular complexity index is 678. The molecule has 0 aliphatic heterocycles. The molecule has 5 heteroatoms. The Morgan fingerprint density at radius 1 is 1.50 bits per heavy atom. The predicted octanol–water partition coefficient (Wildman–Crippen LogP) is 4.45. The van der Waals surface area contributed by atoms with Crippen LogP contribution in [0, 0.1) is 11.2 Å². The minimum absolute atomic E-state index is 0.215. The first kappa shape index (κ1) is 13.7. The van der Waals surface area contributed by atoms with Gasteiger partial charge in [-0.1, -0.05) is 13.8 Å². The van der Waals surface area contributed by atoms with Gasteiger partial charge in [0.2, 0.25) is 0 Å². The largest absolute Gasteiger partial charge is 0.494 e. The van der Waals surface area contributed by atoms with E-state index in [1.165, 1.54) is 13.2 Å². The van der Waals surface area contributed by atoms with Crippen LogP contribution >= 0.6 is 11.6 Å². The van der Waals surface area contributed by atoms with Crippen molar-refractivity contribution in [3.8, 4) is 5.75 Å². The van der Waals surface area contributed by atoms with Crippen LogP contribution in [0.2, 0.25) is 0 Å². The average molecular weight is 297 g/mol. The molecule has 1 aromatic carbocycles. The lowest BCUT2D eigenvalue weighted by Gasteiger charge is -2.12. The number of aromatic nitrogens is 2. The number of rotatable bonds is 3. The number of nitrogens with zero attached hydrogens (tertiary/aromatic N) is 2. The van der Waals surface area contributed by atoms with E-state index in [0.29, 0.717) is 11.6 Å². The molecular formula is C15H18ClFN2O. The average Bonchev–Trinajstić information content (AvgIpc) is 2.83. The maximum Gasteiger partial charge on any atom is 0.167 e. The second-order valence-corrected chi connectivity index (χ2v) is 6.79. The topological polar surface area (TPSA) is 27.1 Å². The molecule has 1 fully saturated rings. The summed E-state index contributed by atoms with van der Waals surface area (Å²) in [7, 11) is 1.47. The van der Waals surface area contributed by atoms with Crippen LogP contribution in [0.5, 0.6) is 5.75 Å². The third-order valence-corrected chi connectivity index (χ3v) is 4.31. The van der Waals surface area contributed by atoms with Gasteiger partial charge in [-0.25, -0.2) is 9.37 Å². The summed E-state index contributed by atoms with van der Waals surface area (Å²) in [5.74, 6) is 0.643. The van der Waals surface area contributed by atoms with Crippen molar-refractivity contribution in [2.45, 2.75) is 38.6 Å². The van der Waals surface area contributed by atoms with Crippen LogP contribution in [0.3, 0.4) is 0 Å². The zero-order valence-corrected chi connectivity index (χ0v) is 12.8. The van der Waals surface area contributed by atoms with Gasteiger partial charge in [0.05, 0.1) is 23.5 Å². The normalized spacial score (nSPS) is 22.0. The highest BCUT2D eigenvalue weighted by Crippen LogP contribution is 2.57. The molecule has 1 saturated carbocycles. The number of ether oxygens (including phenoxy) is 1. The van der Waals surface area contributed by atoms with Gasteiger partial charge in [0.1, 0.15) is 5.82 Å². The number of benzene rings is 1. The number of imidazole rings is 1. The summed E-state index contributed by atoms with van der Waals surface area (Å²) in [4.78, 5) is 4.51. The lowest BCUT2D eigenvalue weighted by molar-refractivity contribution is 0.387. The molecule has 108 valence electrons. The highest BCUT2D eigenvalue weighted by atomic mass is 35.5. The van der Waals surface area contributed by atoms with Gasteiger partial charge in [0.15, 0.2) is 11.6 Å². The molecule has 2 unspecified atom stereocenters. The molecule has 2 aromatic rings. The quantitative estimate of drug-likeness (QED) is 0.782. The Morgan fingerprint density at radius 2 is 2.15 bits per heavy atom. The molecule has 2 atom stereocenters. The minimum Gasteiger partial charge on any atom is -0.494 e. The third kappa shape index (κ3) is 1.97. The third-order valence-electron chi connectivity index (χ3n) is 4.12. The molecule has 20 heavy (non-hydrogen) atoms. The second-order valence-electron chi connectivity index (χ2n) is 6.14. The van der Waals surface area contributed by atoms with Crippen molar-refractivity contribution in [1.29, 1.82) is 0 Å². The predicted molar refractivity (Wildman–Crippen MR) is 77.9 cm³/mol. The van der Waals surface area contributed by atoms with Crippen molar-refractivity contribution in [3.63, 3.8) is 0 Å². The first-order chi connectivity index (χ1) is 9.35. The van der Waals surface area contributed by atoms with E-state index in [4.69, 9.17) is 16.3 Å². The molecule has 0 spiro atoms. The van der Waals surface area contributed by atoms with Crippen LogP contribution in [0.25, 0.3) is 11.0 Å². The van der Waals surface area contributed by atoms with E-state index in [1.807, 2.05) is 6.92 Å². The summed E-state index contributed by atoms with van der Waals surface area (Å²) in [6.45, 7) is 6.32. The van der Waals surface area contributed by atoms with Crippen LogP contribution in [0.15, 0.2) is 12.1 Å². The van der Waals surface area contributed by atoms with Crippen LogP contribution in [-0.4, -0.2) is 16.7 Å². The summed E-state index contributed by atoms with van der Waals surface area (Å²) in [5, 5.41) is -0.215. The number of hydrogen-bond acceptors (Lipinski definition) is 2. The Balaban J connectivity index is 2.26. The van der Waals surface area contributed by atoms with Crippen LogP contribution in [-0.2, 0) is 0 Å². The van der Waals surface area contributed by atoms with E-state index in [2.05, 4.69) is 23.4 Å². The smallest absolute Gasteiger partial charge is 0.167 e. The number of fused-ring (bicyclic) bond motifs is 1. The minimum atomic E-state index is -0.395. The van der Waals surface area contributed by atoms with Crippen molar-refractivity contribution in [1.82, 2.24) is 9.55 Å². The van der Waals surface area contributed by atoms with Gasteiger partial charge in [0.25, 0.3) is 0 Å². The monoisotopic (exact) mass is 296 g/mol. The van der Waals surface area contributed by atoms with Crippen molar-refractivity contribution >= 4 is 22.6 Å². The Hall–Kier alpha value is -1.29. The molecule has 0 N–H and O–H groups in total. The summed E-state index contributed by atoms with van der Waals surface area (Å²) in [6.07, 6.45) is 1.08. The maximum absolute atomic E-state index is 13.8. The van der Waals surface area contributed by atoms with Crippen molar-refractivity contribution < 1.29 is 9.13 Å². The molecule has 0 amide bonds. The molecule has 0 radical (unpaired) electrons. The molecule has 0 saturated heterocycles. The number of halogens is 2. The van der Waals surface area contributed by atoms with E-state index >= 15 is 0 Å². The molecule has 1 aliphatic rings. The maximum atomic E-state index is 13.8. The summed E-state index contributed by atoms with van der Waals surface area (Å²) < 4.78 is 21.1. The van der Waals surface area contributed by atoms with Crippen LogP contribution < -0.4 is 4.74 Å². The first-order valence-corrected chi connectivity index (χ1v) is 7.18. The standard InChI is InChI=1S/C15H18ClFN2O/c1-8(16)14-18-10-5-9(17)12(20-4)6-11(10)19(14)13-7-15(13,2)3/h5-6,8,13H,7H2,1-4H3. The fraction of sp³-hybridized carbons (Fsp3) is 0.533. The Labute approximate surface area is 122 Å². The van der Waals surface area contributed by atoms with Gasteiger partial charge in [-0.3, -0.25) is 0 Å². The van der Waals surface area contributed by atoms with E-state index in [0.717, 1.165) is 17.8 Å². The summed E-state index contributed by atoms with van der Waals surface area (Å²) >= 11 is 6.25. The van der Waals surface area contributed by atoms with Gasteiger partial charge in [-0.2, -0.15) is 0 Å². The number of alkyl halides is 1. The van der Waals surface area contributed by atoms with E-state index in [-0.39, 0.29) is 16.5 Å². The fourth-order valence-corrected chi connectivity index (χ4v) is 2.91. The highest BCUT2D eigenvalue weighted by molar-refractivity contribution is 6.20. The second kappa shape index (κ2) is 4.35. The van der Waals surface area contributed by atoms with E-state index in [9.17, 15) is 4.39 Å². The van der Waals surface area contributed by atoms with Crippen molar-refractivity contribution in [3.05, 3.63) is 23.8 Å². The lowest BCUT2D eigenvalue weighted by atomic mass is 10.2. The van der Waals surface area contributed by atoms with E-state index < -0.39 is 5.82 Å². The molecule has 1 aromatic heterocycles. The summed E-state index contributed by atoms with van der Waals surface area (Å²) in [6, 6.07) is 3.50. The number of methoxy groups -OCH3 is 1. The molecule has 1 aliphatic carbocycles. The van der Waals surface area contributed by atoms with Crippen molar-refractivity contribution in [2.24, 2.45) is 5.41 Å². The molecule has 1 heterocycles. The van der Waals surface area contributed by atoms with Crippen LogP contribution in [0.4, 0.5) is 4.39 Å². The zero-order valence-electron chi connectivity index (χ0n) is 12.1. The first-order valence-electron chi connectivity index (χ1n) is 6.74. The van der Waals surface area contributed by atoms with Gasteiger partial charge >= 0.3 is 0 Å². The lowest BCUT2D eigenvalue weighted by Crippen LogP contribution is -2.06. The molecule has 3 rings (SSSR count). The molecule has 0 bridgehead atoms. The zero-order chi connectivity index (χ0) is 14.7. The SMILES string of the molecule is COc1cc2c(cc1F)nc(C(C)Cl)n2C1CC1(C)C. The summed E-state index contributed by atoms with van der Waals surface area (Å²) in [5.41, 5.74) is 1.75. The van der Waals surface area contributed by atoms with Gasteiger partial charge < -0.3 is 9.30 Å².